The maximum atomic E-state index is 13.1. The van der Waals surface area contributed by atoms with E-state index in [1.165, 1.54) is 0 Å². The predicted molar refractivity (Wildman–Crippen MR) is 129 cm³/mol. The molecule has 33 heavy (non-hydrogen) atoms. The second-order valence-corrected chi connectivity index (χ2v) is 8.92. The molecule has 0 aliphatic heterocycles. The molecule has 8 heteroatoms. The van der Waals surface area contributed by atoms with Crippen molar-refractivity contribution in [1.29, 1.82) is 0 Å². The summed E-state index contributed by atoms with van der Waals surface area (Å²) in [4.78, 5) is 13.1. The first-order chi connectivity index (χ1) is 16.0. The van der Waals surface area contributed by atoms with Crippen LogP contribution in [0.1, 0.15) is 57.8 Å². The quantitative estimate of drug-likeness (QED) is 0.409. The van der Waals surface area contributed by atoms with Crippen molar-refractivity contribution in [2.24, 2.45) is 5.92 Å². The summed E-state index contributed by atoms with van der Waals surface area (Å²) < 4.78 is 3.47. The Morgan fingerprint density at radius 3 is 2.36 bits per heavy atom. The fourth-order valence-electron chi connectivity index (χ4n) is 3.86. The van der Waals surface area contributed by atoms with Crippen molar-refractivity contribution in [2.45, 2.75) is 59.5 Å². The largest absolute Gasteiger partial charge is 0.346 e. The van der Waals surface area contributed by atoms with Crippen molar-refractivity contribution in [3.8, 4) is 22.5 Å². The van der Waals surface area contributed by atoms with Gasteiger partial charge in [-0.15, -0.1) is 10.2 Å². The summed E-state index contributed by atoms with van der Waals surface area (Å²) in [5, 5.41) is 19.1. The van der Waals surface area contributed by atoms with Crippen LogP contribution in [0.2, 0.25) is 0 Å². The molecule has 8 nitrogen and oxygen atoms in total. The molecule has 172 valence electrons. The topological polar surface area (TPSA) is 94.3 Å². The predicted octanol–water partition coefficient (Wildman–Crippen LogP) is 4.50. The molecule has 0 aliphatic carbocycles. The zero-order valence-corrected chi connectivity index (χ0v) is 19.7. The van der Waals surface area contributed by atoms with Crippen LogP contribution in [0.15, 0.2) is 53.3 Å². The van der Waals surface area contributed by atoms with Crippen LogP contribution in [0.4, 0.5) is 0 Å². The third-order valence-electron chi connectivity index (χ3n) is 6.04. The van der Waals surface area contributed by atoms with Gasteiger partial charge >= 0.3 is 5.69 Å². The van der Waals surface area contributed by atoms with Crippen LogP contribution < -0.4 is 5.69 Å². The zero-order valence-electron chi connectivity index (χ0n) is 19.7. The molecule has 1 atom stereocenters. The third-order valence-corrected chi connectivity index (χ3v) is 6.04. The second-order valence-electron chi connectivity index (χ2n) is 8.92. The van der Waals surface area contributed by atoms with Crippen LogP contribution >= 0.6 is 0 Å². The van der Waals surface area contributed by atoms with Crippen LogP contribution in [-0.4, -0.2) is 35.0 Å². The maximum Gasteiger partial charge on any atom is 0.346 e. The molecule has 0 radical (unpaired) electrons. The van der Waals surface area contributed by atoms with E-state index in [-0.39, 0.29) is 11.6 Å². The molecule has 0 fully saturated rings. The van der Waals surface area contributed by atoms with E-state index in [2.05, 4.69) is 72.6 Å². The highest BCUT2D eigenvalue weighted by molar-refractivity contribution is 5.80. The number of hydrogen-bond donors (Lipinski definition) is 1. The molecule has 0 aliphatic rings. The third kappa shape index (κ3) is 4.94. The Morgan fingerprint density at radius 2 is 1.73 bits per heavy atom. The van der Waals surface area contributed by atoms with Gasteiger partial charge in [0.15, 0.2) is 0 Å². The van der Waals surface area contributed by atoms with E-state index < -0.39 is 0 Å². The van der Waals surface area contributed by atoms with Crippen molar-refractivity contribution in [1.82, 2.24) is 35.0 Å². The van der Waals surface area contributed by atoms with Crippen LogP contribution in [-0.2, 0) is 13.1 Å². The molecule has 2 aromatic heterocycles. The number of aromatic amines is 1. The number of hydrogen-bond acceptors (Lipinski definition) is 5. The van der Waals surface area contributed by atoms with Crippen LogP contribution in [0.25, 0.3) is 22.5 Å². The van der Waals surface area contributed by atoms with Crippen LogP contribution in [0, 0.1) is 5.92 Å². The van der Waals surface area contributed by atoms with Gasteiger partial charge in [-0.1, -0.05) is 76.2 Å². The smallest absolute Gasteiger partial charge is 0.274 e. The van der Waals surface area contributed by atoms with E-state index in [0.717, 1.165) is 40.9 Å². The normalized spacial score (nSPS) is 12.4. The van der Waals surface area contributed by atoms with Gasteiger partial charge in [0.25, 0.3) is 0 Å². The number of rotatable bonds is 9. The van der Waals surface area contributed by atoms with E-state index in [1.807, 2.05) is 28.8 Å². The number of nitrogens with one attached hydrogen (secondary N) is 1. The molecule has 4 aromatic rings. The summed E-state index contributed by atoms with van der Waals surface area (Å²) in [5.41, 5.74) is 4.04. The molecule has 4 rings (SSSR count). The summed E-state index contributed by atoms with van der Waals surface area (Å²) in [6.45, 7) is 9.74. The molecule has 0 bridgehead atoms. The number of aryl methyl sites for hydroxylation is 1. The minimum Gasteiger partial charge on any atom is -0.274 e. The Bertz CT molecular complexity index is 1240. The molecule has 1 N–H and O–H groups in total. The number of benzene rings is 2. The SMILES string of the molecule is CCC(C)c1nn(CCC(C)C)c(=O)n1Cc1ccc(-c2ccccc2-c2nn[nH]n2)cc1. The Balaban J connectivity index is 1.62. The monoisotopic (exact) mass is 445 g/mol. The average Bonchev–Trinajstić information content (AvgIpc) is 3.47. The second kappa shape index (κ2) is 9.94. The van der Waals surface area contributed by atoms with Crippen molar-refractivity contribution in [3.63, 3.8) is 0 Å². The lowest BCUT2D eigenvalue weighted by Crippen LogP contribution is -2.26. The Kier molecular flexibility index (Phi) is 6.82. The molecule has 2 aromatic carbocycles. The minimum absolute atomic E-state index is 0.0301. The molecule has 0 saturated carbocycles. The summed E-state index contributed by atoms with van der Waals surface area (Å²) in [7, 11) is 0. The summed E-state index contributed by atoms with van der Waals surface area (Å²) >= 11 is 0. The Hall–Kier alpha value is -3.55. The van der Waals surface area contributed by atoms with E-state index in [1.54, 1.807) is 4.68 Å². The zero-order chi connectivity index (χ0) is 23.4. The van der Waals surface area contributed by atoms with Gasteiger partial charge < -0.3 is 0 Å². The number of tetrazole rings is 1. The lowest BCUT2D eigenvalue weighted by Gasteiger charge is -2.11. The van der Waals surface area contributed by atoms with Gasteiger partial charge in [-0.3, -0.25) is 4.57 Å². The molecule has 1 unspecified atom stereocenters. The molecular formula is C25H31N7O. The van der Waals surface area contributed by atoms with E-state index in [4.69, 9.17) is 5.10 Å². The first-order valence-electron chi connectivity index (χ1n) is 11.6. The Morgan fingerprint density at radius 1 is 1.00 bits per heavy atom. The van der Waals surface area contributed by atoms with Crippen molar-refractivity contribution in [2.75, 3.05) is 0 Å². The summed E-state index contributed by atoms with van der Waals surface area (Å²) in [6.07, 6.45) is 1.87. The summed E-state index contributed by atoms with van der Waals surface area (Å²) in [6, 6.07) is 16.3. The van der Waals surface area contributed by atoms with Crippen LogP contribution in [0.5, 0.6) is 0 Å². The van der Waals surface area contributed by atoms with Gasteiger partial charge in [0, 0.05) is 18.0 Å². The van der Waals surface area contributed by atoms with E-state index in [0.29, 0.717) is 24.8 Å². The average molecular weight is 446 g/mol. The first-order valence-corrected chi connectivity index (χ1v) is 11.6. The number of aromatic nitrogens is 7. The van der Waals surface area contributed by atoms with Gasteiger partial charge in [-0.2, -0.15) is 10.3 Å². The van der Waals surface area contributed by atoms with Gasteiger partial charge in [-0.05, 0) is 40.7 Å². The molecule has 2 heterocycles. The maximum absolute atomic E-state index is 13.1. The summed E-state index contributed by atoms with van der Waals surface area (Å²) in [5.74, 6) is 2.17. The van der Waals surface area contributed by atoms with Gasteiger partial charge in [0.05, 0.1) is 6.54 Å². The standard InChI is InChI=1S/C25H31N7O/c1-5-18(4)24-28-32(15-14-17(2)3)25(33)31(24)16-19-10-12-20(13-11-19)21-8-6-7-9-22(21)23-26-29-30-27-23/h6-13,17-18H,5,14-16H2,1-4H3,(H,26,27,29,30). The van der Waals surface area contributed by atoms with Crippen molar-refractivity contribution in [3.05, 3.63) is 70.4 Å². The fourth-order valence-corrected chi connectivity index (χ4v) is 3.86. The Labute approximate surface area is 193 Å². The van der Waals surface area contributed by atoms with Crippen molar-refractivity contribution >= 4 is 0 Å². The van der Waals surface area contributed by atoms with Gasteiger partial charge in [-0.25, -0.2) is 9.48 Å². The van der Waals surface area contributed by atoms with Gasteiger partial charge in [0.1, 0.15) is 5.82 Å². The van der Waals surface area contributed by atoms with Gasteiger partial charge in [0.2, 0.25) is 5.82 Å². The molecule has 0 spiro atoms. The molecular weight excluding hydrogens is 414 g/mol. The highest BCUT2D eigenvalue weighted by Gasteiger charge is 2.18. The van der Waals surface area contributed by atoms with Crippen LogP contribution in [0.3, 0.4) is 0 Å². The highest BCUT2D eigenvalue weighted by Crippen LogP contribution is 2.30. The lowest BCUT2D eigenvalue weighted by molar-refractivity contribution is 0.472. The first kappa shape index (κ1) is 22.6. The van der Waals surface area contributed by atoms with E-state index in [9.17, 15) is 4.79 Å². The molecule has 0 saturated heterocycles. The number of nitrogens with zero attached hydrogens (tertiary/aromatic N) is 6. The van der Waals surface area contributed by atoms with Crippen molar-refractivity contribution < 1.29 is 0 Å². The fraction of sp³-hybridized carbons (Fsp3) is 0.400. The lowest BCUT2D eigenvalue weighted by atomic mass is 9.98. The highest BCUT2D eigenvalue weighted by atomic mass is 16.2. The number of H-pyrrole nitrogens is 1. The molecule has 0 amide bonds. The minimum atomic E-state index is -0.0301. The van der Waals surface area contributed by atoms with E-state index >= 15 is 0 Å².